The first-order valence-corrected chi connectivity index (χ1v) is 11.8. The third-order valence-electron chi connectivity index (χ3n) is 5.31. The van der Waals surface area contributed by atoms with Gasteiger partial charge in [0, 0.05) is 18.2 Å². The number of carbonyl (C=O) groups is 2. The highest BCUT2D eigenvalue weighted by Gasteiger charge is 2.39. The molecule has 0 saturated carbocycles. The van der Waals surface area contributed by atoms with E-state index in [1.165, 1.54) is 4.90 Å². The van der Waals surface area contributed by atoms with Crippen LogP contribution in [0.25, 0.3) is 0 Å². The number of carbonyl (C=O) groups excluding carboxylic acids is 2. The molecule has 1 aliphatic rings. The number of aryl methyl sites for hydroxylation is 2. The summed E-state index contributed by atoms with van der Waals surface area (Å²) in [4.78, 5) is 27.3. The van der Waals surface area contributed by atoms with E-state index >= 15 is 0 Å². The number of nitrogens with zero attached hydrogens (tertiary/aromatic N) is 3. The zero-order valence-corrected chi connectivity index (χ0v) is 21.3. The second-order valence-electron chi connectivity index (χ2n) is 9.82. The number of likely N-dealkylation sites (tertiary alicyclic amines) is 1. The SMILES string of the molecule is Cc1cc(C)cc(C(=O)N[C@H]2CC[C@H](c3nnc(OCCOC(F)(F)F)o3)N(C(=O)OC(C)(C)C)C2)c1. The predicted octanol–water partition coefficient (Wildman–Crippen LogP) is 4.47. The molecule has 1 saturated heterocycles. The Labute approximate surface area is 212 Å². The maximum atomic E-state index is 13.0. The first-order chi connectivity index (χ1) is 17.2. The molecular formula is C24H31F3N4O6. The van der Waals surface area contributed by atoms with Crippen LogP contribution in [-0.2, 0) is 9.47 Å². The van der Waals surface area contributed by atoms with Crippen LogP contribution in [0, 0.1) is 13.8 Å². The summed E-state index contributed by atoms with van der Waals surface area (Å²) >= 11 is 0. The highest BCUT2D eigenvalue weighted by molar-refractivity contribution is 5.94. The van der Waals surface area contributed by atoms with Crippen LogP contribution in [-0.4, -0.2) is 64.9 Å². The normalized spacial score (nSPS) is 18.4. The molecule has 0 unspecified atom stereocenters. The molecule has 0 bridgehead atoms. The van der Waals surface area contributed by atoms with E-state index in [4.69, 9.17) is 13.9 Å². The Balaban J connectivity index is 1.70. The lowest BCUT2D eigenvalue weighted by Gasteiger charge is -2.38. The Hall–Kier alpha value is -3.35. The number of rotatable bonds is 7. The van der Waals surface area contributed by atoms with Gasteiger partial charge in [0.15, 0.2) is 0 Å². The van der Waals surface area contributed by atoms with Gasteiger partial charge in [-0.3, -0.25) is 14.4 Å². The highest BCUT2D eigenvalue weighted by Crippen LogP contribution is 2.33. The molecular weight excluding hydrogens is 497 g/mol. The average molecular weight is 529 g/mol. The van der Waals surface area contributed by atoms with E-state index in [9.17, 15) is 22.8 Å². The van der Waals surface area contributed by atoms with Gasteiger partial charge < -0.3 is 19.2 Å². The lowest BCUT2D eigenvalue weighted by molar-refractivity contribution is -0.325. The second kappa shape index (κ2) is 11.4. The molecule has 1 N–H and O–H groups in total. The molecule has 0 aliphatic carbocycles. The Morgan fingerprint density at radius 3 is 2.38 bits per heavy atom. The number of alkyl halides is 3. The molecule has 0 spiro atoms. The molecule has 0 radical (unpaired) electrons. The van der Waals surface area contributed by atoms with Gasteiger partial charge >= 0.3 is 18.5 Å². The molecule has 1 fully saturated rings. The third-order valence-corrected chi connectivity index (χ3v) is 5.31. The van der Waals surface area contributed by atoms with E-state index in [-0.39, 0.29) is 30.5 Å². The van der Waals surface area contributed by atoms with Crippen molar-refractivity contribution >= 4 is 12.0 Å². The minimum atomic E-state index is -4.77. The minimum Gasteiger partial charge on any atom is -0.447 e. The molecule has 1 aliphatic heterocycles. The first-order valence-electron chi connectivity index (χ1n) is 11.8. The fraction of sp³-hybridized carbons (Fsp3) is 0.583. The fourth-order valence-electron chi connectivity index (χ4n) is 3.94. The second-order valence-corrected chi connectivity index (χ2v) is 9.82. The number of ether oxygens (including phenoxy) is 3. The molecule has 204 valence electrons. The van der Waals surface area contributed by atoms with Gasteiger partial charge in [-0.05, 0) is 59.6 Å². The average Bonchev–Trinajstić information content (AvgIpc) is 3.23. The Kier molecular flexibility index (Phi) is 8.67. The summed E-state index contributed by atoms with van der Waals surface area (Å²) in [7, 11) is 0. The van der Waals surface area contributed by atoms with Crippen LogP contribution < -0.4 is 10.1 Å². The van der Waals surface area contributed by atoms with Crippen molar-refractivity contribution in [2.45, 2.75) is 71.5 Å². The van der Waals surface area contributed by atoms with Crippen molar-refractivity contribution in [1.29, 1.82) is 0 Å². The van der Waals surface area contributed by atoms with Crippen molar-refractivity contribution in [1.82, 2.24) is 20.4 Å². The van der Waals surface area contributed by atoms with E-state index in [1.54, 1.807) is 32.9 Å². The van der Waals surface area contributed by atoms with E-state index in [0.29, 0.717) is 18.4 Å². The van der Waals surface area contributed by atoms with Gasteiger partial charge in [-0.25, -0.2) is 4.79 Å². The quantitative estimate of drug-likeness (QED) is 0.524. The standard InChI is InChI=1S/C24H31F3N4O6/c1-14-10-15(2)12-16(11-14)19(32)28-17-6-7-18(31(13-17)22(33)37-23(3,4)5)20-29-30-21(36-20)34-8-9-35-24(25,26)27/h10-12,17-18H,6-9,13H2,1-5H3,(H,28,32)/t17-,18+/m0/s1. The Bertz CT molecular complexity index is 1080. The lowest BCUT2D eigenvalue weighted by Crippen LogP contribution is -2.52. The third kappa shape index (κ3) is 8.62. The number of piperidine rings is 1. The van der Waals surface area contributed by atoms with E-state index < -0.39 is 37.3 Å². The van der Waals surface area contributed by atoms with E-state index in [2.05, 4.69) is 20.3 Å². The zero-order valence-electron chi connectivity index (χ0n) is 21.3. The van der Waals surface area contributed by atoms with Crippen molar-refractivity contribution in [3.8, 4) is 6.08 Å². The Morgan fingerprint density at radius 1 is 1.08 bits per heavy atom. The molecule has 10 nitrogen and oxygen atoms in total. The zero-order chi connectivity index (χ0) is 27.4. The largest absolute Gasteiger partial charge is 0.522 e. The van der Waals surface area contributed by atoms with Gasteiger partial charge in [0.25, 0.3) is 5.91 Å². The van der Waals surface area contributed by atoms with Crippen LogP contribution in [0.5, 0.6) is 6.08 Å². The maximum Gasteiger partial charge on any atom is 0.522 e. The summed E-state index contributed by atoms with van der Waals surface area (Å²) in [5.74, 6) is -0.217. The summed E-state index contributed by atoms with van der Waals surface area (Å²) in [6.45, 7) is 7.90. The van der Waals surface area contributed by atoms with Gasteiger partial charge in [-0.2, -0.15) is 0 Å². The van der Waals surface area contributed by atoms with Gasteiger partial charge in [-0.15, -0.1) is 18.3 Å². The van der Waals surface area contributed by atoms with Crippen LogP contribution in [0.1, 0.15) is 67.0 Å². The maximum absolute atomic E-state index is 13.0. The number of halogens is 3. The van der Waals surface area contributed by atoms with E-state index in [0.717, 1.165) is 11.1 Å². The van der Waals surface area contributed by atoms with Gasteiger partial charge in [-0.1, -0.05) is 22.3 Å². The molecule has 2 atom stereocenters. The van der Waals surface area contributed by atoms with Gasteiger partial charge in [0.1, 0.15) is 18.2 Å². The Morgan fingerprint density at radius 2 is 1.76 bits per heavy atom. The van der Waals surface area contributed by atoms with E-state index in [1.807, 2.05) is 19.9 Å². The van der Waals surface area contributed by atoms with Gasteiger partial charge in [0.2, 0.25) is 5.89 Å². The van der Waals surface area contributed by atoms with Crippen molar-refractivity contribution < 1.29 is 41.4 Å². The molecule has 1 aromatic heterocycles. The number of hydrogen-bond donors (Lipinski definition) is 1. The molecule has 37 heavy (non-hydrogen) atoms. The number of nitrogens with one attached hydrogen (secondary N) is 1. The summed E-state index contributed by atoms with van der Waals surface area (Å²) < 4.78 is 56.0. The fourth-order valence-corrected chi connectivity index (χ4v) is 3.94. The van der Waals surface area contributed by atoms with Gasteiger partial charge in [0.05, 0.1) is 6.61 Å². The first kappa shape index (κ1) is 28.2. The van der Waals surface area contributed by atoms with Crippen LogP contribution in [0.3, 0.4) is 0 Å². The summed E-state index contributed by atoms with van der Waals surface area (Å²) in [6, 6.07) is 4.51. The summed E-state index contributed by atoms with van der Waals surface area (Å²) in [5.41, 5.74) is 1.67. The highest BCUT2D eigenvalue weighted by atomic mass is 19.4. The van der Waals surface area contributed by atoms with Crippen molar-refractivity contribution in [2.75, 3.05) is 19.8 Å². The van der Waals surface area contributed by atoms with Crippen LogP contribution >= 0.6 is 0 Å². The number of amides is 2. The van der Waals surface area contributed by atoms with Crippen molar-refractivity contribution in [3.05, 3.63) is 40.8 Å². The molecule has 2 heterocycles. The molecule has 3 rings (SSSR count). The molecule has 13 heteroatoms. The van der Waals surface area contributed by atoms with Crippen LogP contribution in [0.2, 0.25) is 0 Å². The van der Waals surface area contributed by atoms with Crippen LogP contribution in [0.4, 0.5) is 18.0 Å². The molecule has 2 amide bonds. The molecule has 2 aromatic rings. The monoisotopic (exact) mass is 528 g/mol. The van der Waals surface area contributed by atoms with Crippen molar-refractivity contribution in [3.63, 3.8) is 0 Å². The number of aromatic nitrogens is 2. The topological polar surface area (TPSA) is 116 Å². The smallest absolute Gasteiger partial charge is 0.447 e. The summed E-state index contributed by atoms with van der Waals surface area (Å²) in [6.07, 6.45) is -4.91. The lowest BCUT2D eigenvalue weighted by atomic mass is 9.97. The van der Waals surface area contributed by atoms with Crippen LogP contribution in [0.15, 0.2) is 22.6 Å². The number of hydrogen-bond acceptors (Lipinski definition) is 8. The summed E-state index contributed by atoms with van der Waals surface area (Å²) in [5, 5.41) is 10.6. The number of benzene rings is 1. The van der Waals surface area contributed by atoms with Crippen molar-refractivity contribution in [2.24, 2.45) is 0 Å². The molecule has 1 aromatic carbocycles. The minimum absolute atomic E-state index is 0.0386. The predicted molar refractivity (Wildman–Crippen MR) is 124 cm³/mol.